The molecule has 0 spiro atoms. The van der Waals surface area contributed by atoms with Gasteiger partial charge in [-0.1, -0.05) is 30.3 Å². The second-order valence-corrected chi connectivity index (χ2v) is 3.78. The van der Waals surface area contributed by atoms with Gasteiger partial charge in [-0.3, -0.25) is 4.79 Å². The summed E-state index contributed by atoms with van der Waals surface area (Å²) in [7, 11) is 0. The molecule has 0 aliphatic carbocycles. The first kappa shape index (κ1) is 9.25. The summed E-state index contributed by atoms with van der Waals surface area (Å²) in [5, 5.41) is 0. The van der Waals surface area contributed by atoms with Crippen molar-refractivity contribution in [1.29, 1.82) is 0 Å². The summed E-state index contributed by atoms with van der Waals surface area (Å²) in [4.78, 5) is 10.8. The van der Waals surface area contributed by atoms with Gasteiger partial charge in [0.2, 0.25) is 0 Å². The monoisotopic (exact) mass is 190 g/mol. The highest BCUT2D eigenvalue weighted by Gasteiger charge is 2.22. The maximum absolute atomic E-state index is 10.8. The van der Waals surface area contributed by atoms with Gasteiger partial charge in [0, 0.05) is 5.92 Å². The SMILES string of the molecule is O=C1C[C@@H](CCc2ccccc2)CO1. The minimum atomic E-state index is -0.0388. The number of carbonyl (C=O) groups excluding carboxylic acids is 1. The quantitative estimate of drug-likeness (QED) is 0.683. The molecule has 1 heterocycles. The number of rotatable bonds is 3. The Labute approximate surface area is 83.9 Å². The highest BCUT2D eigenvalue weighted by atomic mass is 16.5. The van der Waals surface area contributed by atoms with Crippen LogP contribution in [-0.2, 0) is 16.0 Å². The Hall–Kier alpha value is -1.31. The van der Waals surface area contributed by atoms with Crippen molar-refractivity contribution in [1.82, 2.24) is 0 Å². The average molecular weight is 190 g/mol. The molecule has 1 saturated heterocycles. The Morgan fingerprint density at radius 1 is 1.29 bits per heavy atom. The third-order valence-corrected chi connectivity index (χ3v) is 2.62. The lowest BCUT2D eigenvalue weighted by atomic mass is 9.99. The molecule has 1 aromatic rings. The Kier molecular flexibility index (Phi) is 2.82. The fourth-order valence-electron chi connectivity index (χ4n) is 1.77. The van der Waals surface area contributed by atoms with E-state index >= 15 is 0 Å². The molecule has 0 N–H and O–H groups in total. The van der Waals surface area contributed by atoms with Crippen molar-refractivity contribution in [2.75, 3.05) is 6.61 Å². The molecular formula is C12H14O2. The van der Waals surface area contributed by atoms with Crippen LogP contribution in [0.1, 0.15) is 18.4 Å². The van der Waals surface area contributed by atoms with E-state index in [9.17, 15) is 4.79 Å². The standard InChI is InChI=1S/C12H14O2/c13-12-8-11(9-14-12)7-6-10-4-2-1-3-5-10/h1-5,11H,6-9H2/t11-/m1/s1. The van der Waals surface area contributed by atoms with Crippen molar-refractivity contribution in [2.45, 2.75) is 19.3 Å². The maximum Gasteiger partial charge on any atom is 0.306 e. The minimum absolute atomic E-state index is 0.0388. The highest BCUT2D eigenvalue weighted by molar-refractivity contribution is 5.71. The molecule has 0 saturated carbocycles. The Morgan fingerprint density at radius 2 is 2.07 bits per heavy atom. The summed E-state index contributed by atoms with van der Waals surface area (Å²) in [6.45, 7) is 0.617. The molecule has 1 atom stereocenters. The zero-order chi connectivity index (χ0) is 9.80. The Balaban J connectivity index is 1.80. The van der Waals surface area contributed by atoms with Crippen molar-refractivity contribution in [3.63, 3.8) is 0 Å². The third kappa shape index (κ3) is 2.34. The normalized spacial score (nSPS) is 20.9. The van der Waals surface area contributed by atoms with E-state index < -0.39 is 0 Å². The number of cyclic esters (lactones) is 1. The van der Waals surface area contributed by atoms with Crippen molar-refractivity contribution in [2.24, 2.45) is 5.92 Å². The van der Waals surface area contributed by atoms with Gasteiger partial charge in [0.15, 0.2) is 0 Å². The van der Waals surface area contributed by atoms with Gasteiger partial charge in [0.25, 0.3) is 0 Å². The molecule has 14 heavy (non-hydrogen) atoms. The molecule has 0 aromatic heterocycles. The van der Waals surface area contributed by atoms with Gasteiger partial charge in [-0.2, -0.15) is 0 Å². The van der Waals surface area contributed by atoms with Gasteiger partial charge in [-0.05, 0) is 18.4 Å². The molecule has 1 aliphatic rings. The largest absolute Gasteiger partial charge is 0.465 e. The molecule has 2 nitrogen and oxygen atoms in total. The number of ether oxygens (including phenoxy) is 1. The Morgan fingerprint density at radius 3 is 2.71 bits per heavy atom. The summed E-state index contributed by atoms with van der Waals surface area (Å²) in [5.41, 5.74) is 1.34. The van der Waals surface area contributed by atoms with Gasteiger partial charge >= 0.3 is 5.97 Å². The molecule has 1 aliphatic heterocycles. The third-order valence-electron chi connectivity index (χ3n) is 2.62. The van der Waals surface area contributed by atoms with E-state index in [1.807, 2.05) is 18.2 Å². The molecule has 74 valence electrons. The zero-order valence-electron chi connectivity index (χ0n) is 8.11. The fraction of sp³-hybridized carbons (Fsp3) is 0.417. The zero-order valence-corrected chi connectivity index (χ0v) is 8.11. The topological polar surface area (TPSA) is 26.3 Å². The Bertz CT molecular complexity index is 305. The van der Waals surface area contributed by atoms with Gasteiger partial charge in [0.05, 0.1) is 13.0 Å². The molecule has 0 unspecified atom stereocenters. The van der Waals surface area contributed by atoms with E-state index in [-0.39, 0.29) is 5.97 Å². The molecule has 1 fully saturated rings. The van der Waals surface area contributed by atoms with E-state index in [1.54, 1.807) is 0 Å². The number of hydrogen-bond donors (Lipinski definition) is 0. The highest BCUT2D eigenvalue weighted by Crippen LogP contribution is 2.19. The second kappa shape index (κ2) is 4.27. The van der Waals surface area contributed by atoms with Crippen LogP contribution in [0.3, 0.4) is 0 Å². The van der Waals surface area contributed by atoms with E-state index in [0.717, 1.165) is 12.8 Å². The summed E-state index contributed by atoms with van der Waals surface area (Å²) < 4.78 is 4.91. The number of carbonyl (C=O) groups is 1. The van der Waals surface area contributed by atoms with E-state index in [2.05, 4.69) is 12.1 Å². The van der Waals surface area contributed by atoms with Crippen molar-refractivity contribution in [3.05, 3.63) is 35.9 Å². The van der Waals surface area contributed by atoms with Crippen molar-refractivity contribution in [3.8, 4) is 0 Å². The predicted octanol–water partition coefficient (Wildman–Crippen LogP) is 2.18. The lowest BCUT2D eigenvalue weighted by Crippen LogP contribution is -2.01. The van der Waals surface area contributed by atoms with Gasteiger partial charge < -0.3 is 4.74 Å². The predicted molar refractivity (Wildman–Crippen MR) is 53.8 cm³/mol. The van der Waals surface area contributed by atoms with Crippen LogP contribution in [0.25, 0.3) is 0 Å². The molecule has 0 amide bonds. The lowest BCUT2D eigenvalue weighted by molar-refractivity contribution is -0.137. The van der Waals surface area contributed by atoms with Crippen molar-refractivity contribution >= 4 is 5.97 Å². The molecule has 0 bridgehead atoms. The van der Waals surface area contributed by atoms with Crippen LogP contribution >= 0.6 is 0 Å². The van der Waals surface area contributed by atoms with Crippen LogP contribution in [0.4, 0.5) is 0 Å². The first-order valence-corrected chi connectivity index (χ1v) is 5.04. The van der Waals surface area contributed by atoms with Crippen LogP contribution in [0.5, 0.6) is 0 Å². The fourth-order valence-corrected chi connectivity index (χ4v) is 1.77. The van der Waals surface area contributed by atoms with Gasteiger partial charge in [-0.15, -0.1) is 0 Å². The smallest absolute Gasteiger partial charge is 0.306 e. The van der Waals surface area contributed by atoms with E-state index in [1.165, 1.54) is 5.56 Å². The van der Waals surface area contributed by atoms with Crippen LogP contribution in [0, 0.1) is 5.92 Å². The second-order valence-electron chi connectivity index (χ2n) is 3.78. The van der Waals surface area contributed by atoms with Gasteiger partial charge in [-0.25, -0.2) is 0 Å². The molecular weight excluding hydrogens is 176 g/mol. The van der Waals surface area contributed by atoms with Crippen molar-refractivity contribution < 1.29 is 9.53 Å². The van der Waals surface area contributed by atoms with Crippen LogP contribution in [-0.4, -0.2) is 12.6 Å². The summed E-state index contributed by atoms with van der Waals surface area (Å²) in [5.74, 6) is 0.394. The summed E-state index contributed by atoms with van der Waals surface area (Å²) in [6.07, 6.45) is 2.70. The van der Waals surface area contributed by atoms with Crippen LogP contribution in [0.2, 0.25) is 0 Å². The minimum Gasteiger partial charge on any atom is -0.465 e. The van der Waals surface area contributed by atoms with E-state index in [0.29, 0.717) is 18.9 Å². The molecule has 2 rings (SSSR count). The first-order chi connectivity index (χ1) is 6.84. The summed E-state index contributed by atoms with van der Waals surface area (Å²) in [6, 6.07) is 10.4. The van der Waals surface area contributed by atoms with Crippen LogP contribution < -0.4 is 0 Å². The van der Waals surface area contributed by atoms with E-state index in [4.69, 9.17) is 4.74 Å². The van der Waals surface area contributed by atoms with Gasteiger partial charge in [0.1, 0.15) is 0 Å². The number of aryl methyl sites for hydroxylation is 1. The molecule has 1 aromatic carbocycles. The molecule has 0 radical (unpaired) electrons. The first-order valence-electron chi connectivity index (χ1n) is 5.04. The number of hydrogen-bond acceptors (Lipinski definition) is 2. The average Bonchev–Trinajstić information content (AvgIpc) is 2.63. The van der Waals surface area contributed by atoms with Crippen LogP contribution in [0.15, 0.2) is 30.3 Å². The lowest BCUT2D eigenvalue weighted by Gasteiger charge is -2.05. The number of benzene rings is 1. The molecule has 2 heteroatoms. The number of esters is 1. The summed E-state index contributed by atoms with van der Waals surface area (Å²) >= 11 is 0. The maximum atomic E-state index is 10.8.